The van der Waals surface area contributed by atoms with Crippen molar-refractivity contribution in [3.63, 3.8) is 0 Å². The van der Waals surface area contributed by atoms with Crippen LogP contribution in [-0.2, 0) is 6.54 Å². The van der Waals surface area contributed by atoms with E-state index in [1.165, 1.54) is 10.4 Å². The van der Waals surface area contributed by atoms with E-state index in [4.69, 9.17) is 21.1 Å². The maximum absolute atomic E-state index is 13.5. The number of ether oxygens (including phenoxy) is 2. The second-order valence-electron chi connectivity index (χ2n) is 10.5. The van der Waals surface area contributed by atoms with Gasteiger partial charge in [-0.25, -0.2) is 4.79 Å². The standard InChI is InChI=1S/C31H32ClN5O4/c1-20-2-7-25(8-3-20)41-31(39)36-16-12-26-27-18-22(32)6-11-28(27)35-29(26)30(36)21-4-9-24(10-5-21)40-17-13-23(38)19-37-33-14-15-34-37/h2-11,14-15,18,23,27-28,30,35,38H,12-13,16-17,19H2,1H3/t23?,27?,28?,30-/m0/s1. The predicted molar refractivity (Wildman–Crippen MR) is 154 cm³/mol. The number of aromatic nitrogens is 3. The number of aryl methyl sites for hydroxylation is 1. The van der Waals surface area contributed by atoms with E-state index in [1.807, 2.05) is 61.5 Å². The van der Waals surface area contributed by atoms with Gasteiger partial charge in [-0.3, -0.25) is 4.90 Å². The van der Waals surface area contributed by atoms with E-state index in [-0.39, 0.29) is 18.0 Å². The lowest BCUT2D eigenvalue weighted by molar-refractivity contribution is 0.114. The molecule has 0 spiro atoms. The number of allylic oxidation sites excluding steroid dienone is 2. The summed E-state index contributed by atoms with van der Waals surface area (Å²) in [4.78, 5) is 16.8. The Bertz CT molecular complexity index is 1470. The molecule has 2 aliphatic heterocycles. The number of aliphatic hydroxyl groups excluding tert-OH is 1. The van der Waals surface area contributed by atoms with Gasteiger partial charge in [0.2, 0.25) is 0 Å². The lowest BCUT2D eigenvalue weighted by Crippen LogP contribution is -2.43. The van der Waals surface area contributed by atoms with Crippen LogP contribution in [0, 0.1) is 12.8 Å². The molecule has 4 atom stereocenters. The SMILES string of the molecule is Cc1ccc(OC(=O)N2CCC3=C(NC4C=CC(Cl)=CC34)[C@@H]2c2ccc(OCCC(O)Cn3nccn3)cc2)cc1. The molecule has 2 N–H and O–H groups in total. The fraction of sp³-hybridized carbons (Fsp3) is 0.323. The first-order chi connectivity index (χ1) is 19.9. The minimum Gasteiger partial charge on any atom is -0.493 e. The molecule has 1 aromatic heterocycles. The van der Waals surface area contributed by atoms with E-state index in [0.717, 1.165) is 28.3 Å². The summed E-state index contributed by atoms with van der Waals surface area (Å²) in [5.74, 6) is 1.35. The number of hydrogen-bond donors (Lipinski definition) is 2. The highest BCUT2D eigenvalue weighted by atomic mass is 35.5. The van der Waals surface area contributed by atoms with Crippen LogP contribution in [0.2, 0.25) is 0 Å². The molecule has 6 rings (SSSR count). The van der Waals surface area contributed by atoms with Crippen molar-refractivity contribution in [1.82, 2.24) is 25.2 Å². The van der Waals surface area contributed by atoms with Gasteiger partial charge in [0.05, 0.1) is 37.7 Å². The lowest BCUT2D eigenvalue weighted by Gasteiger charge is -2.37. The number of hydrogen-bond acceptors (Lipinski definition) is 7. The zero-order chi connectivity index (χ0) is 28.3. The van der Waals surface area contributed by atoms with Crippen molar-refractivity contribution in [2.45, 2.75) is 44.5 Å². The Morgan fingerprint density at radius 1 is 1.12 bits per heavy atom. The minimum absolute atomic E-state index is 0.101. The summed E-state index contributed by atoms with van der Waals surface area (Å²) in [6.07, 6.45) is 9.42. The summed E-state index contributed by atoms with van der Waals surface area (Å²) >= 11 is 6.36. The Hall–Kier alpha value is -4.08. The Morgan fingerprint density at radius 3 is 2.61 bits per heavy atom. The highest BCUT2D eigenvalue weighted by Gasteiger charge is 2.43. The first-order valence-electron chi connectivity index (χ1n) is 13.8. The molecule has 3 heterocycles. The molecule has 212 valence electrons. The molecule has 9 nitrogen and oxygen atoms in total. The first kappa shape index (κ1) is 27.1. The maximum Gasteiger partial charge on any atom is 0.416 e. The van der Waals surface area contributed by atoms with E-state index in [1.54, 1.807) is 17.3 Å². The van der Waals surface area contributed by atoms with Gasteiger partial charge in [0, 0.05) is 29.6 Å². The number of carbonyl (C=O) groups excluding carboxylic acids is 1. The molecule has 1 aliphatic carbocycles. The van der Waals surface area contributed by atoms with Gasteiger partial charge in [-0.05, 0) is 54.8 Å². The van der Waals surface area contributed by atoms with Crippen molar-refractivity contribution in [2.75, 3.05) is 13.2 Å². The topological polar surface area (TPSA) is 102 Å². The van der Waals surface area contributed by atoms with Crippen LogP contribution in [0.4, 0.5) is 4.79 Å². The average molecular weight is 574 g/mol. The number of nitrogens with one attached hydrogen (secondary N) is 1. The summed E-state index contributed by atoms with van der Waals surface area (Å²) in [5.41, 5.74) is 4.33. The van der Waals surface area contributed by atoms with Crippen LogP contribution in [0.5, 0.6) is 11.5 Å². The Balaban J connectivity index is 1.19. The summed E-state index contributed by atoms with van der Waals surface area (Å²) in [6.45, 7) is 3.18. The van der Waals surface area contributed by atoms with E-state index in [2.05, 4.69) is 27.7 Å². The van der Waals surface area contributed by atoms with Gasteiger partial charge in [-0.2, -0.15) is 15.0 Å². The van der Waals surface area contributed by atoms with Gasteiger partial charge >= 0.3 is 6.09 Å². The summed E-state index contributed by atoms with van der Waals surface area (Å²) < 4.78 is 11.7. The highest BCUT2D eigenvalue weighted by Crippen LogP contribution is 2.45. The molecule has 2 aromatic carbocycles. The number of carbonyl (C=O) groups is 1. The minimum atomic E-state index is -0.615. The van der Waals surface area contributed by atoms with Crippen LogP contribution in [0.15, 0.2) is 95.5 Å². The fourth-order valence-corrected chi connectivity index (χ4v) is 5.83. The zero-order valence-electron chi connectivity index (χ0n) is 22.7. The third-order valence-corrected chi connectivity index (χ3v) is 7.93. The molecular weight excluding hydrogens is 542 g/mol. The number of benzene rings is 2. The van der Waals surface area contributed by atoms with Gasteiger partial charge in [-0.1, -0.05) is 53.6 Å². The van der Waals surface area contributed by atoms with E-state index >= 15 is 0 Å². The van der Waals surface area contributed by atoms with Crippen LogP contribution >= 0.6 is 11.6 Å². The second kappa shape index (κ2) is 11.8. The van der Waals surface area contributed by atoms with Crippen LogP contribution < -0.4 is 14.8 Å². The molecule has 0 radical (unpaired) electrons. The monoisotopic (exact) mass is 573 g/mol. The van der Waals surface area contributed by atoms with Crippen LogP contribution in [0.25, 0.3) is 0 Å². The third-order valence-electron chi connectivity index (χ3n) is 7.68. The molecule has 41 heavy (non-hydrogen) atoms. The third kappa shape index (κ3) is 6.01. The molecule has 3 aliphatic rings. The Kier molecular flexibility index (Phi) is 7.80. The normalized spacial score (nSPS) is 22.0. The lowest BCUT2D eigenvalue weighted by atomic mass is 9.85. The van der Waals surface area contributed by atoms with E-state index in [9.17, 15) is 9.90 Å². The molecule has 3 unspecified atom stereocenters. The Labute approximate surface area is 243 Å². The van der Waals surface area contributed by atoms with Crippen molar-refractivity contribution >= 4 is 17.7 Å². The van der Waals surface area contributed by atoms with E-state index < -0.39 is 12.2 Å². The summed E-state index contributed by atoms with van der Waals surface area (Å²) in [6, 6.07) is 15.0. The summed E-state index contributed by atoms with van der Waals surface area (Å²) in [7, 11) is 0. The molecule has 0 bridgehead atoms. The van der Waals surface area contributed by atoms with Gasteiger partial charge in [-0.15, -0.1) is 0 Å². The van der Waals surface area contributed by atoms with E-state index in [0.29, 0.717) is 37.6 Å². The zero-order valence-corrected chi connectivity index (χ0v) is 23.4. The number of nitrogens with zero attached hydrogens (tertiary/aromatic N) is 4. The summed E-state index contributed by atoms with van der Waals surface area (Å²) in [5, 5.41) is 22.7. The molecule has 0 saturated heterocycles. The van der Waals surface area contributed by atoms with Crippen LogP contribution in [-0.4, -0.2) is 56.4 Å². The van der Waals surface area contributed by atoms with Gasteiger partial charge in [0.1, 0.15) is 17.5 Å². The maximum atomic E-state index is 13.5. The van der Waals surface area contributed by atoms with Gasteiger partial charge in [0.25, 0.3) is 0 Å². The number of rotatable bonds is 8. The smallest absolute Gasteiger partial charge is 0.416 e. The Morgan fingerprint density at radius 2 is 1.85 bits per heavy atom. The van der Waals surface area contributed by atoms with Crippen molar-refractivity contribution in [2.24, 2.45) is 5.92 Å². The number of amides is 1. The van der Waals surface area contributed by atoms with Crippen molar-refractivity contribution < 1.29 is 19.4 Å². The molecular formula is C31H32ClN5O4. The molecule has 3 aromatic rings. The highest BCUT2D eigenvalue weighted by molar-refractivity contribution is 6.31. The molecule has 1 amide bonds. The quantitative estimate of drug-likeness (QED) is 0.395. The first-order valence-corrected chi connectivity index (χ1v) is 14.2. The number of halogens is 1. The van der Waals surface area contributed by atoms with Gasteiger partial charge in [0.15, 0.2) is 0 Å². The van der Waals surface area contributed by atoms with Crippen LogP contribution in [0.3, 0.4) is 0 Å². The second-order valence-corrected chi connectivity index (χ2v) is 11.0. The van der Waals surface area contributed by atoms with Crippen molar-refractivity contribution in [3.05, 3.63) is 107 Å². The average Bonchev–Trinajstić information content (AvgIpc) is 3.61. The predicted octanol–water partition coefficient (Wildman–Crippen LogP) is 4.90. The number of fused-ring (bicyclic) bond motifs is 2. The van der Waals surface area contributed by atoms with Crippen molar-refractivity contribution in [1.29, 1.82) is 0 Å². The molecule has 10 heteroatoms. The molecule has 0 fully saturated rings. The molecule has 0 saturated carbocycles. The number of aliphatic hydroxyl groups is 1. The largest absolute Gasteiger partial charge is 0.493 e. The van der Waals surface area contributed by atoms with Crippen LogP contribution in [0.1, 0.15) is 30.0 Å². The van der Waals surface area contributed by atoms with Crippen molar-refractivity contribution in [3.8, 4) is 11.5 Å². The van der Waals surface area contributed by atoms with Gasteiger partial charge < -0.3 is 19.9 Å². The fourth-order valence-electron chi connectivity index (χ4n) is 5.62.